The number of aliphatic hydroxyl groups is 2. The zero-order valence-corrected chi connectivity index (χ0v) is 21.6. The highest BCUT2D eigenvalue weighted by atomic mass is 32.3. The summed E-state index contributed by atoms with van der Waals surface area (Å²) in [5, 5.41) is 21.6. The molecule has 0 aromatic heterocycles. The Labute approximate surface area is 200 Å². The maximum atomic E-state index is 11.4. The Bertz CT molecular complexity index is 786. The summed E-state index contributed by atoms with van der Waals surface area (Å²) in [7, 11) is -4.32. The molecule has 4 aliphatic carbocycles. The predicted molar refractivity (Wildman–Crippen MR) is 128 cm³/mol. The van der Waals surface area contributed by atoms with E-state index in [1.165, 1.54) is 25.7 Å². The van der Waals surface area contributed by atoms with Gasteiger partial charge in [-0.3, -0.25) is 4.55 Å². The van der Waals surface area contributed by atoms with Gasteiger partial charge in [0.2, 0.25) is 0 Å². The van der Waals surface area contributed by atoms with Crippen molar-refractivity contribution in [1.29, 1.82) is 0 Å². The number of hydrogen-bond acceptors (Lipinski definition) is 5. The van der Waals surface area contributed by atoms with Gasteiger partial charge < -0.3 is 10.2 Å². The smallest absolute Gasteiger partial charge is 0.393 e. The predicted octanol–water partition coefficient (Wildman–Crippen LogP) is 4.99. The summed E-state index contributed by atoms with van der Waals surface area (Å²) >= 11 is 0. The van der Waals surface area contributed by atoms with Gasteiger partial charge in [-0.05, 0) is 104 Å². The van der Waals surface area contributed by atoms with E-state index >= 15 is 0 Å². The average Bonchev–Trinajstić information content (AvgIpc) is 3.08. The van der Waals surface area contributed by atoms with Crippen LogP contribution in [-0.2, 0) is 14.6 Å². The Morgan fingerprint density at radius 1 is 0.939 bits per heavy atom. The third-order valence-corrected chi connectivity index (χ3v) is 11.4. The molecule has 0 saturated heterocycles. The molecule has 0 radical (unpaired) electrons. The molecule has 0 spiro atoms. The van der Waals surface area contributed by atoms with Gasteiger partial charge in [0.05, 0.1) is 18.8 Å². The van der Waals surface area contributed by atoms with Gasteiger partial charge in [0.1, 0.15) is 0 Å². The Morgan fingerprint density at radius 2 is 1.64 bits per heavy atom. The van der Waals surface area contributed by atoms with E-state index in [0.29, 0.717) is 47.3 Å². The molecule has 4 aliphatic rings. The van der Waals surface area contributed by atoms with Crippen LogP contribution in [0.1, 0.15) is 97.8 Å². The fourth-order valence-electron chi connectivity index (χ4n) is 9.29. The highest BCUT2D eigenvalue weighted by molar-refractivity contribution is 7.80. The SMILES string of the molecule is C[C@H](CCCCCOS(=O)(=O)O)[C@H]1CC[C@H]2[C@@H]3[C@@H](O)C[C@@H]4C[C@H](O)CC[C@]4(C)[C@H]3CC[C@]12C. The quantitative estimate of drug-likeness (QED) is 0.330. The first-order valence-electron chi connectivity index (χ1n) is 13.4. The van der Waals surface area contributed by atoms with Gasteiger partial charge in [-0.15, -0.1) is 0 Å². The fourth-order valence-corrected chi connectivity index (χ4v) is 9.61. The Kier molecular flexibility index (Phi) is 7.59. The zero-order valence-electron chi connectivity index (χ0n) is 20.8. The van der Waals surface area contributed by atoms with Crippen molar-refractivity contribution in [3.8, 4) is 0 Å². The number of hydrogen-bond donors (Lipinski definition) is 3. The molecule has 7 heteroatoms. The topological polar surface area (TPSA) is 104 Å². The first-order chi connectivity index (χ1) is 15.5. The lowest BCUT2D eigenvalue weighted by atomic mass is 9.43. The van der Waals surface area contributed by atoms with Gasteiger partial charge >= 0.3 is 10.4 Å². The van der Waals surface area contributed by atoms with E-state index in [2.05, 4.69) is 25.0 Å². The summed E-state index contributed by atoms with van der Waals surface area (Å²) in [5.41, 5.74) is 0.575. The van der Waals surface area contributed by atoms with Crippen LogP contribution in [0.25, 0.3) is 0 Å². The minimum Gasteiger partial charge on any atom is -0.393 e. The summed E-state index contributed by atoms with van der Waals surface area (Å²) in [6, 6.07) is 0. The molecule has 0 aromatic carbocycles. The third-order valence-electron chi connectivity index (χ3n) is 11.0. The van der Waals surface area contributed by atoms with E-state index in [1.54, 1.807) is 0 Å². The standard InChI is InChI=1S/C26H46O6S/c1-17(7-5-4-6-14-32-33(29,30)31)20-8-9-21-24-22(11-13-26(20,21)3)25(2)12-10-19(27)15-18(25)16-23(24)28/h17-24,27-28H,4-16H2,1-3H3,(H,29,30,31)/t17-,18+,19-,20-,21+,22+,23+,24+,25+,26-/m1/s1. The van der Waals surface area contributed by atoms with E-state index in [9.17, 15) is 18.6 Å². The van der Waals surface area contributed by atoms with E-state index in [0.717, 1.165) is 44.9 Å². The highest BCUT2D eigenvalue weighted by Gasteiger charge is 2.62. The molecule has 0 bridgehead atoms. The van der Waals surface area contributed by atoms with Gasteiger partial charge in [-0.25, -0.2) is 4.18 Å². The summed E-state index contributed by atoms with van der Waals surface area (Å²) in [5.74, 6) is 3.37. The van der Waals surface area contributed by atoms with Crippen LogP contribution in [0.4, 0.5) is 0 Å². The van der Waals surface area contributed by atoms with E-state index in [4.69, 9.17) is 4.55 Å². The third kappa shape index (κ3) is 5.04. The van der Waals surface area contributed by atoms with Gasteiger partial charge in [-0.2, -0.15) is 8.42 Å². The van der Waals surface area contributed by atoms with Crippen LogP contribution in [0.3, 0.4) is 0 Å². The molecule has 0 heterocycles. The van der Waals surface area contributed by atoms with E-state index < -0.39 is 10.4 Å². The first kappa shape index (κ1) is 25.9. The maximum Gasteiger partial charge on any atom is 0.397 e. The zero-order chi connectivity index (χ0) is 24.0. The van der Waals surface area contributed by atoms with Crippen LogP contribution in [0, 0.1) is 46.3 Å². The van der Waals surface area contributed by atoms with Crippen molar-refractivity contribution in [3.05, 3.63) is 0 Å². The minimum absolute atomic E-state index is 0.0498. The Morgan fingerprint density at radius 3 is 2.36 bits per heavy atom. The Balaban J connectivity index is 1.36. The molecule has 4 saturated carbocycles. The molecular formula is C26H46O6S. The van der Waals surface area contributed by atoms with Crippen LogP contribution in [0.5, 0.6) is 0 Å². The number of fused-ring (bicyclic) bond motifs is 5. The second-order valence-electron chi connectivity index (χ2n) is 12.5. The second-order valence-corrected chi connectivity index (χ2v) is 13.6. The molecule has 10 atom stereocenters. The first-order valence-corrected chi connectivity index (χ1v) is 14.8. The van der Waals surface area contributed by atoms with Crippen molar-refractivity contribution in [3.63, 3.8) is 0 Å². The molecule has 4 fully saturated rings. The molecule has 0 unspecified atom stereocenters. The lowest BCUT2D eigenvalue weighted by Gasteiger charge is -2.62. The molecule has 6 nitrogen and oxygen atoms in total. The van der Waals surface area contributed by atoms with E-state index in [1.807, 2.05) is 0 Å². The monoisotopic (exact) mass is 486 g/mol. The van der Waals surface area contributed by atoms with Crippen LogP contribution < -0.4 is 0 Å². The average molecular weight is 487 g/mol. The molecule has 0 aromatic rings. The Hall–Kier alpha value is -0.210. The normalized spacial score (nSPS) is 46.3. The molecule has 4 rings (SSSR count). The minimum atomic E-state index is -4.32. The summed E-state index contributed by atoms with van der Waals surface area (Å²) in [6.07, 6.45) is 12.0. The lowest BCUT2D eigenvalue weighted by molar-refractivity contribution is -0.174. The molecule has 33 heavy (non-hydrogen) atoms. The highest BCUT2D eigenvalue weighted by Crippen LogP contribution is 2.68. The maximum absolute atomic E-state index is 11.4. The van der Waals surface area contributed by atoms with Crippen molar-refractivity contribution in [2.24, 2.45) is 46.3 Å². The lowest BCUT2D eigenvalue weighted by Crippen LogP contribution is -2.58. The van der Waals surface area contributed by atoms with Gasteiger partial charge in [0.15, 0.2) is 0 Å². The van der Waals surface area contributed by atoms with Crippen LogP contribution in [0.2, 0.25) is 0 Å². The van der Waals surface area contributed by atoms with Crippen molar-refractivity contribution in [2.75, 3.05) is 6.61 Å². The molecular weight excluding hydrogens is 440 g/mol. The van der Waals surface area contributed by atoms with Crippen molar-refractivity contribution in [2.45, 2.75) is 110 Å². The van der Waals surface area contributed by atoms with Gasteiger partial charge in [0, 0.05) is 0 Å². The van der Waals surface area contributed by atoms with Crippen molar-refractivity contribution in [1.82, 2.24) is 0 Å². The summed E-state index contributed by atoms with van der Waals surface area (Å²) in [4.78, 5) is 0. The fraction of sp³-hybridized carbons (Fsp3) is 1.00. The molecule has 0 aliphatic heterocycles. The largest absolute Gasteiger partial charge is 0.397 e. The number of rotatable bonds is 8. The summed E-state index contributed by atoms with van der Waals surface area (Å²) < 4.78 is 34.4. The van der Waals surface area contributed by atoms with Crippen molar-refractivity contribution >= 4 is 10.4 Å². The van der Waals surface area contributed by atoms with Crippen LogP contribution in [0.15, 0.2) is 0 Å². The van der Waals surface area contributed by atoms with Crippen LogP contribution >= 0.6 is 0 Å². The second kappa shape index (κ2) is 9.68. The van der Waals surface area contributed by atoms with Gasteiger partial charge in [0.25, 0.3) is 0 Å². The summed E-state index contributed by atoms with van der Waals surface area (Å²) in [6.45, 7) is 7.41. The molecule has 0 amide bonds. The number of unbranched alkanes of at least 4 members (excludes halogenated alkanes) is 2. The number of aliphatic hydroxyl groups excluding tert-OH is 2. The molecule has 192 valence electrons. The molecule has 3 N–H and O–H groups in total. The van der Waals surface area contributed by atoms with E-state index in [-0.39, 0.29) is 24.2 Å². The van der Waals surface area contributed by atoms with Crippen LogP contribution in [-0.4, -0.2) is 42.0 Å². The van der Waals surface area contributed by atoms with Crippen molar-refractivity contribution < 1.29 is 27.4 Å². The van der Waals surface area contributed by atoms with Gasteiger partial charge in [-0.1, -0.05) is 40.0 Å².